The minimum absolute atomic E-state index is 0.148. The van der Waals surface area contributed by atoms with Crippen LogP contribution in [0.3, 0.4) is 0 Å². The number of benzene rings is 1. The lowest BCUT2D eigenvalue weighted by Crippen LogP contribution is -2.11. The topological polar surface area (TPSA) is 133 Å². The molecule has 0 saturated carbocycles. The number of nitrogens with one attached hydrogen (secondary N) is 1. The number of thiophene rings is 1. The van der Waals surface area contributed by atoms with Crippen molar-refractivity contribution >= 4 is 40.7 Å². The van der Waals surface area contributed by atoms with E-state index in [1.165, 1.54) is 16.4 Å². The summed E-state index contributed by atoms with van der Waals surface area (Å²) < 4.78 is 1.47. The zero-order chi connectivity index (χ0) is 19.5. The summed E-state index contributed by atoms with van der Waals surface area (Å²) in [6, 6.07) is 11.8. The molecule has 5 N–H and O–H groups in total. The number of para-hydroxylation sites is 1. The second-order valence-corrected chi connectivity index (χ2v) is 7.71. The molecule has 0 saturated heterocycles. The number of aryl methyl sites for hydroxylation is 1. The molecular weight excluding hydrogens is 394 g/mol. The van der Waals surface area contributed by atoms with Gasteiger partial charge in [-0.05, 0) is 30.0 Å². The van der Waals surface area contributed by atoms with Crippen molar-refractivity contribution in [3.8, 4) is 10.7 Å². The molecule has 0 atom stereocenters. The number of rotatable bonds is 6. The van der Waals surface area contributed by atoms with Gasteiger partial charge in [0.1, 0.15) is 5.82 Å². The maximum atomic E-state index is 6.12. The maximum absolute atomic E-state index is 6.12. The number of thioether (sulfide) groups is 1. The van der Waals surface area contributed by atoms with Gasteiger partial charge in [0, 0.05) is 5.69 Å². The highest BCUT2D eigenvalue weighted by molar-refractivity contribution is 7.98. The highest BCUT2D eigenvalue weighted by Gasteiger charge is 2.14. The predicted octanol–water partition coefficient (Wildman–Crippen LogP) is 2.83. The van der Waals surface area contributed by atoms with Gasteiger partial charge in [0.05, 0.1) is 10.6 Å². The maximum Gasteiger partial charge on any atom is 0.232 e. The largest absolute Gasteiger partial charge is 0.368 e. The molecule has 0 unspecified atom stereocenters. The molecule has 4 aromatic rings. The second kappa shape index (κ2) is 7.82. The van der Waals surface area contributed by atoms with Gasteiger partial charge >= 0.3 is 0 Å². The normalized spacial score (nSPS) is 10.9. The molecule has 142 valence electrons. The van der Waals surface area contributed by atoms with Crippen molar-refractivity contribution in [2.24, 2.45) is 0 Å². The van der Waals surface area contributed by atoms with Crippen LogP contribution in [0, 0.1) is 6.92 Å². The number of nitrogens with zero attached hydrogens (tertiary/aromatic N) is 6. The lowest BCUT2D eigenvalue weighted by Gasteiger charge is -2.09. The second-order valence-electron chi connectivity index (χ2n) is 5.82. The Balaban J connectivity index is 1.50. The minimum atomic E-state index is 0.148. The van der Waals surface area contributed by atoms with E-state index in [1.54, 1.807) is 11.3 Å². The Morgan fingerprint density at radius 3 is 2.75 bits per heavy atom. The third-order valence-electron chi connectivity index (χ3n) is 3.83. The average Bonchev–Trinajstić information content (AvgIpc) is 3.31. The van der Waals surface area contributed by atoms with Crippen LogP contribution in [-0.4, -0.2) is 29.8 Å². The Hall–Kier alpha value is -3.18. The molecule has 1 aromatic carbocycles. The number of hydrogen-bond acceptors (Lipinski definition) is 10. The van der Waals surface area contributed by atoms with Gasteiger partial charge in [-0.15, -0.1) is 21.5 Å². The molecule has 0 aliphatic heterocycles. The summed E-state index contributed by atoms with van der Waals surface area (Å²) in [6.45, 7) is 2.00. The predicted molar refractivity (Wildman–Crippen MR) is 112 cm³/mol. The van der Waals surface area contributed by atoms with Crippen LogP contribution < -0.4 is 16.9 Å². The third-order valence-corrected chi connectivity index (χ3v) is 5.63. The van der Waals surface area contributed by atoms with Gasteiger partial charge in [-0.2, -0.15) is 15.0 Å². The molecule has 0 aliphatic rings. The molecule has 0 spiro atoms. The fourth-order valence-electron chi connectivity index (χ4n) is 2.47. The first-order valence-corrected chi connectivity index (χ1v) is 10.2. The van der Waals surface area contributed by atoms with Gasteiger partial charge in [0.15, 0.2) is 5.82 Å². The van der Waals surface area contributed by atoms with E-state index in [0.29, 0.717) is 28.5 Å². The Kier molecular flexibility index (Phi) is 5.08. The molecule has 0 radical (unpaired) electrons. The highest BCUT2D eigenvalue weighted by Crippen LogP contribution is 2.26. The first-order chi connectivity index (χ1) is 13.6. The lowest BCUT2D eigenvalue weighted by molar-refractivity contribution is 0.848. The minimum Gasteiger partial charge on any atom is -0.368 e. The van der Waals surface area contributed by atoms with Gasteiger partial charge in [-0.3, -0.25) is 0 Å². The van der Waals surface area contributed by atoms with Gasteiger partial charge < -0.3 is 16.9 Å². The summed E-state index contributed by atoms with van der Waals surface area (Å²) in [4.78, 5) is 13.8. The van der Waals surface area contributed by atoms with Gasteiger partial charge in [0.2, 0.25) is 17.1 Å². The quantitative estimate of drug-likeness (QED) is 0.323. The monoisotopic (exact) mass is 411 g/mol. The molecule has 11 heteroatoms. The molecule has 0 amide bonds. The van der Waals surface area contributed by atoms with Crippen molar-refractivity contribution < 1.29 is 0 Å². The zero-order valence-corrected chi connectivity index (χ0v) is 16.5. The summed E-state index contributed by atoms with van der Waals surface area (Å²) in [5, 5.41) is 14.0. The number of nitrogens with two attached hydrogens (primary N) is 2. The van der Waals surface area contributed by atoms with Crippen molar-refractivity contribution in [2.75, 3.05) is 16.9 Å². The van der Waals surface area contributed by atoms with Gasteiger partial charge in [-0.25, -0.2) is 4.68 Å². The Morgan fingerprint density at radius 2 is 1.96 bits per heavy atom. The van der Waals surface area contributed by atoms with E-state index < -0.39 is 0 Å². The zero-order valence-electron chi connectivity index (χ0n) is 14.9. The Morgan fingerprint density at radius 1 is 1.11 bits per heavy atom. The van der Waals surface area contributed by atoms with Crippen LogP contribution in [0.25, 0.3) is 10.7 Å². The average molecular weight is 412 g/mol. The number of aromatic nitrogens is 6. The molecular formula is C17H17N9S2. The molecule has 28 heavy (non-hydrogen) atoms. The fraction of sp³-hybridized carbons (Fsp3) is 0.118. The van der Waals surface area contributed by atoms with E-state index in [1.807, 2.05) is 48.7 Å². The summed E-state index contributed by atoms with van der Waals surface area (Å²) in [5.74, 6) is 8.24. The molecule has 0 aliphatic carbocycles. The van der Waals surface area contributed by atoms with Crippen molar-refractivity contribution in [2.45, 2.75) is 17.8 Å². The van der Waals surface area contributed by atoms with E-state index in [2.05, 4.69) is 30.5 Å². The number of anilines is 3. The van der Waals surface area contributed by atoms with Crippen molar-refractivity contribution in [3.63, 3.8) is 0 Å². The first-order valence-electron chi connectivity index (χ1n) is 8.30. The molecule has 4 rings (SSSR count). The molecule has 0 bridgehead atoms. The molecule has 0 fully saturated rings. The van der Waals surface area contributed by atoms with Crippen LogP contribution in [0.2, 0.25) is 0 Å². The third kappa shape index (κ3) is 3.89. The van der Waals surface area contributed by atoms with Crippen LogP contribution in [0.1, 0.15) is 11.4 Å². The van der Waals surface area contributed by atoms with E-state index in [9.17, 15) is 0 Å². The highest BCUT2D eigenvalue weighted by atomic mass is 32.2. The lowest BCUT2D eigenvalue weighted by atomic mass is 10.2. The van der Waals surface area contributed by atoms with E-state index in [-0.39, 0.29) is 5.95 Å². The van der Waals surface area contributed by atoms with Crippen LogP contribution in [0.5, 0.6) is 0 Å². The standard InChI is InChI=1S/C17H17N9S2/c1-10-5-2-3-6-11(10)20-16-22-13(21-15(18)23-16)9-28-17-25-24-14(26(17)19)12-7-4-8-27-12/h2-8H,9,19H2,1H3,(H3,18,20,21,22,23). The number of nitrogen functional groups attached to an aromatic ring is 2. The Labute approximate surface area is 169 Å². The number of hydrogen-bond donors (Lipinski definition) is 3. The van der Waals surface area contributed by atoms with Gasteiger partial charge in [0.25, 0.3) is 0 Å². The van der Waals surface area contributed by atoms with Crippen LogP contribution in [0.4, 0.5) is 17.6 Å². The van der Waals surface area contributed by atoms with E-state index in [0.717, 1.165) is 16.1 Å². The summed E-state index contributed by atoms with van der Waals surface area (Å²) in [7, 11) is 0. The summed E-state index contributed by atoms with van der Waals surface area (Å²) >= 11 is 2.93. The summed E-state index contributed by atoms with van der Waals surface area (Å²) in [6.07, 6.45) is 0. The smallest absolute Gasteiger partial charge is 0.232 e. The molecule has 3 aromatic heterocycles. The fourth-order valence-corrected chi connectivity index (χ4v) is 3.89. The van der Waals surface area contributed by atoms with Crippen molar-refractivity contribution in [3.05, 3.63) is 53.2 Å². The first kappa shape index (κ1) is 18.2. The van der Waals surface area contributed by atoms with E-state index in [4.69, 9.17) is 11.6 Å². The van der Waals surface area contributed by atoms with Crippen molar-refractivity contribution in [1.82, 2.24) is 29.8 Å². The van der Waals surface area contributed by atoms with Crippen molar-refractivity contribution in [1.29, 1.82) is 0 Å². The Bertz CT molecular complexity index is 1090. The molecule has 9 nitrogen and oxygen atoms in total. The van der Waals surface area contributed by atoms with Gasteiger partial charge in [-0.1, -0.05) is 36.0 Å². The van der Waals surface area contributed by atoms with Crippen LogP contribution in [0.15, 0.2) is 46.9 Å². The SMILES string of the molecule is Cc1ccccc1Nc1nc(N)nc(CSc2nnc(-c3cccs3)n2N)n1. The van der Waals surface area contributed by atoms with Crippen LogP contribution in [-0.2, 0) is 5.75 Å². The molecule has 3 heterocycles. The van der Waals surface area contributed by atoms with E-state index >= 15 is 0 Å². The summed E-state index contributed by atoms with van der Waals surface area (Å²) in [5.41, 5.74) is 7.84. The van der Waals surface area contributed by atoms with Crippen LogP contribution >= 0.6 is 23.1 Å².